The van der Waals surface area contributed by atoms with E-state index >= 15 is 0 Å². The Hall–Kier alpha value is -1.91. The molecule has 0 aliphatic rings. The highest BCUT2D eigenvalue weighted by molar-refractivity contribution is 5.93. The van der Waals surface area contributed by atoms with Crippen molar-refractivity contribution < 1.29 is 4.74 Å². The lowest BCUT2D eigenvalue weighted by Gasteiger charge is -2.11. The predicted molar refractivity (Wildman–Crippen MR) is 78.9 cm³/mol. The summed E-state index contributed by atoms with van der Waals surface area (Å²) in [6.45, 7) is 10.6. The third-order valence-corrected chi connectivity index (χ3v) is 2.42. The van der Waals surface area contributed by atoms with E-state index in [1.165, 1.54) is 0 Å². The quantitative estimate of drug-likeness (QED) is 0.921. The summed E-state index contributed by atoms with van der Waals surface area (Å²) in [5, 5.41) is 4.05. The largest absolute Gasteiger partial charge is 0.480 e. The number of pyridine rings is 1. The molecule has 0 unspecified atom stereocenters. The van der Waals surface area contributed by atoms with Crippen molar-refractivity contribution in [3.63, 3.8) is 0 Å². The van der Waals surface area contributed by atoms with Gasteiger partial charge in [0.15, 0.2) is 0 Å². The number of rotatable bonds is 3. The van der Waals surface area contributed by atoms with Gasteiger partial charge in [-0.3, -0.25) is 0 Å². The maximum absolute atomic E-state index is 5.30. The van der Waals surface area contributed by atoms with Crippen LogP contribution in [-0.2, 0) is 0 Å². The number of nitrogens with zero attached hydrogens (tertiary/aromatic N) is 3. The Labute approximate surface area is 114 Å². The Kier molecular flexibility index (Phi) is 5.48. The fourth-order valence-electron chi connectivity index (χ4n) is 1.80. The molecule has 104 valence electrons. The van der Waals surface area contributed by atoms with Crippen LogP contribution < -0.4 is 10.1 Å². The van der Waals surface area contributed by atoms with E-state index in [4.69, 9.17) is 4.74 Å². The first-order chi connectivity index (χ1) is 9.15. The monoisotopic (exact) mass is 262 g/mol. The molecule has 0 radical (unpaired) electrons. The molecule has 0 bridgehead atoms. The number of ether oxygens (including phenoxy) is 1. The van der Waals surface area contributed by atoms with Gasteiger partial charge in [-0.05, 0) is 26.8 Å². The van der Waals surface area contributed by atoms with E-state index in [-0.39, 0.29) is 0 Å². The zero-order valence-electron chi connectivity index (χ0n) is 12.5. The van der Waals surface area contributed by atoms with Crippen LogP contribution in [-0.4, -0.2) is 28.6 Å². The molecule has 2 rings (SSSR count). The van der Waals surface area contributed by atoms with Crippen molar-refractivity contribution in [2.24, 2.45) is 0 Å². The molecule has 0 aromatic carbocycles. The van der Waals surface area contributed by atoms with Crippen molar-refractivity contribution in [1.29, 1.82) is 0 Å². The molecule has 0 spiro atoms. The van der Waals surface area contributed by atoms with Gasteiger partial charge in [-0.2, -0.15) is 0 Å². The van der Waals surface area contributed by atoms with Crippen LogP contribution in [0.2, 0.25) is 0 Å². The Balaban J connectivity index is 0.000000861. The molecule has 0 saturated carbocycles. The van der Waals surface area contributed by atoms with Gasteiger partial charge in [0.2, 0.25) is 5.88 Å². The lowest BCUT2D eigenvalue weighted by atomic mass is 10.2. The summed E-state index contributed by atoms with van der Waals surface area (Å²) < 4.78 is 5.30. The van der Waals surface area contributed by atoms with Crippen LogP contribution in [0.3, 0.4) is 0 Å². The maximum atomic E-state index is 5.30. The third-order valence-electron chi connectivity index (χ3n) is 2.42. The first-order valence-corrected chi connectivity index (χ1v) is 6.59. The van der Waals surface area contributed by atoms with Crippen molar-refractivity contribution in [1.82, 2.24) is 15.0 Å². The average molecular weight is 262 g/mol. The van der Waals surface area contributed by atoms with Crippen molar-refractivity contribution in [2.75, 3.05) is 19.0 Å². The van der Waals surface area contributed by atoms with Crippen LogP contribution >= 0.6 is 0 Å². The number of fused-ring (bicyclic) bond motifs is 1. The highest BCUT2D eigenvalue weighted by Crippen LogP contribution is 2.28. The zero-order chi connectivity index (χ0) is 14.4. The molecule has 2 aromatic heterocycles. The average Bonchev–Trinajstić information content (AvgIpc) is 2.39. The van der Waals surface area contributed by atoms with E-state index in [0.29, 0.717) is 5.88 Å². The SMILES string of the molecule is CC.CCNc1nc(C)nc2cc(C)nc(OC)c12. The molecule has 5 heteroatoms. The number of nitrogens with one attached hydrogen (secondary N) is 1. The molecule has 0 aliphatic heterocycles. The van der Waals surface area contributed by atoms with E-state index in [2.05, 4.69) is 20.3 Å². The van der Waals surface area contributed by atoms with Gasteiger partial charge in [-0.25, -0.2) is 15.0 Å². The van der Waals surface area contributed by atoms with Crippen LogP contribution in [0.4, 0.5) is 5.82 Å². The number of methoxy groups -OCH3 is 1. The van der Waals surface area contributed by atoms with Crippen molar-refractivity contribution >= 4 is 16.7 Å². The minimum absolute atomic E-state index is 0.566. The predicted octanol–water partition coefficient (Wildman–Crippen LogP) is 3.11. The molecule has 0 amide bonds. The molecule has 5 nitrogen and oxygen atoms in total. The lowest BCUT2D eigenvalue weighted by Crippen LogP contribution is -2.05. The minimum atomic E-state index is 0.566. The molecule has 0 fully saturated rings. The summed E-state index contributed by atoms with van der Waals surface area (Å²) in [4.78, 5) is 13.2. The summed E-state index contributed by atoms with van der Waals surface area (Å²) in [5.41, 5.74) is 1.74. The number of hydrogen-bond acceptors (Lipinski definition) is 5. The van der Waals surface area contributed by atoms with Crippen molar-refractivity contribution in [3.05, 3.63) is 17.6 Å². The lowest BCUT2D eigenvalue weighted by molar-refractivity contribution is 0.402. The van der Waals surface area contributed by atoms with Crippen LogP contribution in [0.15, 0.2) is 6.07 Å². The molecule has 2 heterocycles. The zero-order valence-corrected chi connectivity index (χ0v) is 12.5. The summed E-state index contributed by atoms with van der Waals surface area (Å²) in [6.07, 6.45) is 0. The molecular formula is C14H22N4O. The summed E-state index contributed by atoms with van der Waals surface area (Å²) in [5.74, 6) is 2.08. The first kappa shape index (κ1) is 15.1. The first-order valence-electron chi connectivity index (χ1n) is 6.59. The molecule has 19 heavy (non-hydrogen) atoms. The Bertz CT molecular complexity index is 549. The number of aryl methyl sites for hydroxylation is 2. The van der Waals surface area contributed by atoms with E-state index in [1.54, 1.807) is 7.11 Å². The van der Waals surface area contributed by atoms with Crippen LogP contribution in [0, 0.1) is 13.8 Å². The Morgan fingerprint density at radius 3 is 2.42 bits per heavy atom. The normalized spacial score (nSPS) is 9.79. The summed E-state index contributed by atoms with van der Waals surface area (Å²) >= 11 is 0. The van der Waals surface area contributed by atoms with E-state index < -0.39 is 0 Å². The molecule has 0 atom stereocenters. The third kappa shape index (κ3) is 3.30. The smallest absolute Gasteiger partial charge is 0.226 e. The Morgan fingerprint density at radius 1 is 1.16 bits per heavy atom. The molecular weight excluding hydrogens is 240 g/mol. The van der Waals surface area contributed by atoms with E-state index in [9.17, 15) is 0 Å². The van der Waals surface area contributed by atoms with E-state index in [1.807, 2.05) is 40.7 Å². The molecule has 1 N–H and O–H groups in total. The van der Waals surface area contributed by atoms with Crippen LogP contribution in [0.25, 0.3) is 10.9 Å². The van der Waals surface area contributed by atoms with Gasteiger partial charge < -0.3 is 10.1 Å². The summed E-state index contributed by atoms with van der Waals surface area (Å²) in [6, 6.07) is 1.94. The van der Waals surface area contributed by atoms with Gasteiger partial charge in [0.05, 0.1) is 12.6 Å². The Morgan fingerprint density at radius 2 is 1.84 bits per heavy atom. The molecule has 2 aromatic rings. The maximum Gasteiger partial charge on any atom is 0.226 e. The minimum Gasteiger partial charge on any atom is -0.480 e. The van der Waals surface area contributed by atoms with Gasteiger partial charge in [0, 0.05) is 12.2 Å². The number of hydrogen-bond donors (Lipinski definition) is 1. The molecule has 0 aliphatic carbocycles. The van der Waals surface area contributed by atoms with Gasteiger partial charge in [-0.1, -0.05) is 13.8 Å². The van der Waals surface area contributed by atoms with Gasteiger partial charge in [0.1, 0.15) is 17.0 Å². The van der Waals surface area contributed by atoms with Crippen molar-refractivity contribution in [3.8, 4) is 5.88 Å². The number of anilines is 1. The molecule has 0 saturated heterocycles. The fourth-order valence-corrected chi connectivity index (χ4v) is 1.80. The topological polar surface area (TPSA) is 59.9 Å². The fraction of sp³-hybridized carbons (Fsp3) is 0.500. The second kappa shape index (κ2) is 6.87. The van der Waals surface area contributed by atoms with Crippen molar-refractivity contribution in [2.45, 2.75) is 34.6 Å². The van der Waals surface area contributed by atoms with Crippen LogP contribution in [0.5, 0.6) is 5.88 Å². The second-order valence-electron chi connectivity index (χ2n) is 3.82. The highest BCUT2D eigenvalue weighted by Gasteiger charge is 2.12. The van der Waals surface area contributed by atoms with Gasteiger partial charge in [0.25, 0.3) is 0 Å². The summed E-state index contributed by atoms with van der Waals surface area (Å²) in [7, 11) is 1.61. The standard InChI is InChI=1S/C12H16N4O.C2H6/c1-5-13-11-10-9(15-8(3)16-11)6-7(2)14-12(10)17-4;1-2/h6H,5H2,1-4H3,(H,13,15,16);1-2H3. The van der Waals surface area contributed by atoms with E-state index in [0.717, 1.165) is 34.8 Å². The highest BCUT2D eigenvalue weighted by atomic mass is 16.5. The van der Waals surface area contributed by atoms with Gasteiger partial charge in [-0.15, -0.1) is 0 Å². The number of aromatic nitrogens is 3. The van der Waals surface area contributed by atoms with Gasteiger partial charge >= 0.3 is 0 Å². The van der Waals surface area contributed by atoms with Crippen LogP contribution in [0.1, 0.15) is 32.3 Å². The second-order valence-corrected chi connectivity index (χ2v) is 3.82.